The van der Waals surface area contributed by atoms with Crippen LogP contribution < -0.4 is 4.74 Å². The molecule has 0 aliphatic heterocycles. The Bertz CT molecular complexity index is 583. The summed E-state index contributed by atoms with van der Waals surface area (Å²) in [6.07, 6.45) is 0.827. The lowest BCUT2D eigenvalue weighted by Crippen LogP contribution is -2.28. The number of carbonyl (C=O) groups is 1. The van der Waals surface area contributed by atoms with E-state index in [-0.39, 0.29) is 5.91 Å². The van der Waals surface area contributed by atoms with Crippen molar-refractivity contribution in [3.05, 3.63) is 52.2 Å². The van der Waals surface area contributed by atoms with Gasteiger partial charge in [-0.2, -0.15) is 0 Å². The fourth-order valence-electron chi connectivity index (χ4n) is 2.04. The molecule has 0 atom stereocenters. The van der Waals surface area contributed by atoms with Gasteiger partial charge in [-0.25, -0.2) is 0 Å². The van der Waals surface area contributed by atoms with Gasteiger partial charge in [0, 0.05) is 37.7 Å². The molecule has 0 N–H and O–H groups in total. The third kappa shape index (κ3) is 4.86. The molecule has 118 valence electrons. The predicted molar refractivity (Wildman–Crippen MR) is 88.5 cm³/mol. The highest BCUT2D eigenvalue weighted by Crippen LogP contribution is 2.18. The summed E-state index contributed by atoms with van der Waals surface area (Å²) in [6.45, 7) is 1.85. The van der Waals surface area contributed by atoms with E-state index in [9.17, 15) is 4.79 Å². The molecule has 0 spiro atoms. The summed E-state index contributed by atoms with van der Waals surface area (Å²) in [5, 5.41) is 2.02. The van der Waals surface area contributed by atoms with Gasteiger partial charge in [0.05, 0.1) is 0 Å². The zero-order chi connectivity index (χ0) is 15.8. The molecule has 0 fully saturated rings. The van der Waals surface area contributed by atoms with Crippen LogP contribution in [0.4, 0.5) is 0 Å². The number of hydrogen-bond donors (Lipinski definition) is 0. The Morgan fingerprint density at radius 2 is 2.14 bits per heavy atom. The Hall–Kier alpha value is -1.85. The molecule has 0 saturated heterocycles. The van der Waals surface area contributed by atoms with Crippen molar-refractivity contribution in [1.29, 1.82) is 0 Å². The molecule has 2 aromatic rings. The van der Waals surface area contributed by atoms with E-state index in [1.165, 1.54) is 0 Å². The van der Waals surface area contributed by atoms with E-state index < -0.39 is 0 Å². The highest BCUT2D eigenvalue weighted by Gasteiger charge is 2.12. The van der Waals surface area contributed by atoms with Crippen molar-refractivity contribution in [3.8, 4) is 5.75 Å². The lowest BCUT2D eigenvalue weighted by atomic mass is 10.2. The Labute approximate surface area is 135 Å². The summed E-state index contributed by atoms with van der Waals surface area (Å²) in [5.74, 6) is 0.710. The average Bonchev–Trinajstić information content (AvgIpc) is 3.06. The van der Waals surface area contributed by atoms with E-state index in [1.54, 1.807) is 36.5 Å². The van der Waals surface area contributed by atoms with Crippen molar-refractivity contribution < 1.29 is 14.3 Å². The summed E-state index contributed by atoms with van der Waals surface area (Å²) in [4.78, 5) is 15.2. The summed E-state index contributed by atoms with van der Waals surface area (Å²) < 4.78 is 10.7. The number of rotatable bonds is 8. The summed E-state index contributed by atoms with van der Waals surface area (Å²) in [5.41, 5.74) is 0.642. The van der Waals surface area contributed by atoms with Gasteiger partial charge in [0.25, 0.3) is 5.91 Å². The van der Waals surface area contributed by atoms with E-state index in [2.05, 4.69) is 0 Å². The number of ether oxygens (including phenoxy) is 2. The molecular formula is C17H21NO3S. The minimum Gasteiger partial charge on any atom is -0.488 e. The van der Waals surface area contributed by atoms with E-state index in [4.69, 9.17) is 9.47 Å². The van der Waals surface area contributed by atoms with Crippen LogP contribution in [-0.4, -0.2) is 38.1 Å². The van der Waals surface area contributed by atoms with Gasteiger partial charge in [0.1, 0.15) is 12.4 Å². The molecule has 0 radical (unpaired) electrons. The Morgan fingerprint density at radius 1 is 1.27 bits per heavy atom. The van der Waals surface area contributed by atoms with Gasteiger partial charge in [0.2, 0.25) is 0 Å². The molecule has 0 aliphatic carbocycles. The summed E-state index contributed by atoms with van der Waals surface area (Å²) in [6, 6.07) is 11.4. The van der Waals surface area contributed by atoms with Crippen LogP contribution in [0.15, 0.2) is 41.8 Å². The molecule has 22 heavy (non-hydrogen) atoms. The summed E-state index contributed by atoms with van der Waals surface area (Å²) in [7, 11) is 3.47. The molecular weight excluding hydrogens is 298 g/mol. The van der Waals surface area contributed by atoms with E-state index in [0.717, 1.165) is 11.3 Å². The van der Waals surface area contributed by atoms with Crippen LogP contribution >= 0.6 is 11.3 Å². The van der Waals surface area contributed by atoms with Crippen LogP contribution in [0.5, 0.6) is 5.75 Å². The lowest BCUT2D eigenvalue weighted by Gasteiger charge is -2.17. The van der Waals surface area contributed by atoms with Crippen molar-refractivity contribution in [2.24, 2.45) is 0 Å². The minimum absolute atomic E-state index is 0.00215. The average molecular weight is 319 g/mol. The van der Waals surface area contributed by atoms with Gasteiger partial charge < -0.3 is 14.4 Å². The number of amides is 1. The van der Waals surface area contributed by atoms with Crippen LogP contribution in [0.3, 0.4) is 0 Å². The molecule has 1 aromatic heterocycles. The standard InChI is InChI=1S/C17H21NO3S/c1-18(9-5-10-20-2)17(19)14-6-3-7-15(12-14)21-13-16-8-4-11-22-16/h3-4,6-8,11-12H,5,9-10,13H2,1-2H3. The second-order valence-electron chi connectivity index (χ2n) is 4.97. The Morgan fingerprint density at radius 3 is 2.86 bits per heavy atom. The molecule has 0 saturated carbocycles. The molecule has 0 bridgehead atoms. The van der Waals surface area contributed by atoms with Crippen molar-refractivity contribution in [2.75, 3.05) is 27.3 Å². The SMILES string of the molecule is COCCCN(C)C(=O)c1cccc(OCc2cccs2)c1. The zero-order valence-electron chi connectivity index (χ0n) is 13.0. The number of benzene rings is 1. The Balaban J connectivity index is 1.93. The first-order chi connectivity index (χ1) is 10.7. The second-order valence-corrected chi connectivity index (χ2v) is 6.00. The van der Waals surface area contributed by atoms with Crippen molar-refractivity contribution in [3.63, 3.8) is 0 Å². The maximum atomic E-state index is 12.4. The first kappa shape index (κ1) is 16.5. The van der Waals surface area contributed by atoms with Gasteiger partial charge in [-0.05, 0) is 36.1 Å². The molecule has 1 amide bonds. The second kappa shape index (κ2) is 8.56. The molecule has 4 nitrogen and oxygen atoms in total. The first-order valence-electron chi connectivity index (χ1n) is 7.20. The van der Waals surface area contributed by atoms with E-state index in [0.29, 0.717) is 31.1 Å². The topological polar surface area (TPSA) is 38.8 Å². The number of carbonyl (C=O) groups excluding carboxylic acids is 1. The minimum atomic E-state index is -0.00215. The Kier molecular flexibility index (Phi) is 6.43. The van der Waals surface area contributed by atoms with Crippen LogP contribution in [-0.2, 0) is 11.3 Å². The third-order valence-electron chi connectivity index (χ3n) is 3.23. The monoisotopic (exact) mass is 319 g/mol. The van der Waals surface area contributed by atoms with E-state index in [1.807, 2.05) is 35.7 Å². The van der Waals surface area contributed by atoms with Crippen LogP contribution in [0.2, 0.25) is 0 Å². The van der Waals surface area contributed by atoms with E-state index >= 15 is 0 Å². The van der Waals surface area contributed by atoms with Crippen molar-refractivity contribution >= 4 is 17.2 Å². The molecule has 1 heterocycles. The number of hydrogen-bond acceptors (Lipinski definition) is 4. The van der Waals surface area contributed by atoms with Gasteiger partial charge >= 0.3 is 0 Å². The van der Waals surface area contributed by atoms with Gasteiger partial charge in [-0.1, -0.05) is 12.1 Å². The van der Waals surface area contributed by atoms with Gasteiger partial charge in [-0.3, -0.25) is 4.79 Å². The third-order valence-corrected chi connectivity index (χ3v) is 4.08. The lowest BCUT2D eigenvalue weighted by molar-refractivity contribution is 0.0779. The van der Waals surface area contributed by atoms with Crippen molar-refractivity contribution in [2.45, 2.75) is 13.0 Å². The smallest absolute Gasteiger partial charge is 0.253 e. The number of thiophene rings is 1. The largest absolute Gasteiger partial charge is 0.488 e. The van der Waals surface area contributed by atoms with Crippen molar-refractivity contribution in [1.82, 2.24) is 4.90 Å². The maximum Gasteiger partial charge on any atom is 0.253 e. The fraction of sp³-hybridized carbons (Fsp3) is 0.353. The molecule has 2 rings (SSSR count). The van der Waals surface area contributed by atoms with Gasteiger partial charge in [0.15, 0.2) is 0 Å². The van der Waals surface area contributed by atoms with Gasteiger partial charge in [-0.15, -0.1) is 11.3 Å². The first-order valence-corrected chi connectivity index (χ1v) is 8.08. The highest BCUT2D eigenvalue weighted by atomic mass is 32.1. The highest BCUT2D eigenvalue weighted by molar-refractivity contribution is 7.09. The fourth-order valence-corrected chi connectivity index (χ4v) is 2.65. The molecule has 0 aliphatic rings. The van der Waals surface area contributed by atoms with Crippen LogP contribution in [0.25, 0.3) is 0 Å². The number of nitrogens with zero attached hydrogens (tertiary/aromatic N) is 1. The quantitative estimate of drug-likeness (QED) is 0.700. The summed E-state index contributed by atoms with van der Waals surface area (Å²) >= 11 is 1.66. The maximum absolute atomic E-state index is 12.4. The van der Waals surface area contributed by atoms with Crippen LogP contribution in [0, 0.1) is 0 Å². The molecule has 0 unspecified atom stereocenters. The number of methoxy groups -OCH3 is 1. The zero-order valence-corrected chi connectivity index (χ0v) is 13.8. The van der Waals surface area contributed by atoms with Crippen LogP contribution in [0.1, 0.15) is 21.7 Å². The molecule has 5 heteroatoms. The molecule has 1 aromatic carbocycles. The normalized spacial score (nSPS) is 10.5. The predicted octanol–water partition coefficient (Wildman–Crippen LogP) is 3.44.